The Morgan fingerprint density at radius 1 is 0.369 bits per heavy atom. The quantitative estimate of drug-likeness (QED) is 0.0211. The van der Waals surface area contributed by atoms with Crippen LogP contribution in [0.25, 0.3) is 5.53 Å². The van der Waals surface area contributed by atoms with Crippen molar-refractivity contribution in [2.45, 2.75) is 243 Å². The average molecular weight is 947 g/mol. The van der Waals surface area contributed by atoms with Crippen LogP contribution >= 0.6 is 0 Å². The van der Waals surface area contributed by atoms with Gasteiger partial charge in [0.2, 0.25) is 0 Å². The number of hydrogen-bond acceptors (Lipinski definition) is 8. The predicted molar refractivity (Wildman–Crippen MR) is 268 cm³/mol. The minimum atomic E-state index is -4.87. The van der Waals surface area contributed by atoms with Crippen LogP contribution in [0.2, 0.25) is 0 Å². The van der Waals surface area contributed by atoms with Crippen molar-refractivity contribution >= 4 is 24.1 Å². The molecule has 2 rings (SSSR count). The van der Waals surface area contributed by atoms with E-state index in [4.69, 9.17) is 18.9 Å². The van der Waals surface area contributed by atoms with Crippen molar-refractivity contribution in [2.24, 2.45) is 0 Å². The highest BCUT2D eigenvalue weighted by Gasteiger charge is 2.44. The molecule has 0 N–H and O–H groups in total. The van der Waals surface area contributed by atoms with E-state index >= 15 is 0 Å². The van der Waals surface area contributed by atoms with E-state index < -0.39 is 24.1 Å². The molecule has 0 saturated carbocycles. The Kier molecular flexibility index (Phi) is 33.0. The molecule has 0 spiro atoms. The Morgan fingerprint density at radius 2 is 0.600 bits per heavy atom. The van der Waals surface area contributed by atoms with Gasteiger partial charge >= 0.3 is 4.38 Å². The van der Waals surface area contributed by atoms with Crippen LogP contribution in [0.5, 0.6) is 23.0 Å². The van der Waals surface area contributed by atoms with Gasteiger partial charge in [0.25, 0.3) is 19.7 Å². The Morgan fingerprint density at radius 3 is 0.846 bits per heavy atom. The van der Waals surface area contributed by atoms with E-state index in [0.717, 1.165) is 77.0 Å². The van der Waals surface area contributed by atoms with Gasteiger partial charge in [0.15, 0.2) is 23.0 Å². The molecule has 0 saturated heterocycles. The third-order valence-electron chi connectivity index (χ3n) is 12.0. The van der Waals surface area contributed by atoms with E-state index in [1.54, 1.807) is 0 Å². The van der Waals surface area contributed by atoms with Gasteiger partial charge in [-0.2, -0.15) is 0 Å². The van der Waals surface area contributed by atoms with Gasteiger partial charge in [-0.1, -0.05) is 207 Å². The molecule has 0 aromatic heterocycles. The normalized spacial score (nSPS) is 11.7. The van der Waals surface area contributed by atoms with Crippen molar-refractivity contribution in [3.8, 4) is 23.0 Å². The maximum atomic E-state index is 14.2. The second-order valence-corrected chi connectivity index (χ2v) is 21.9. The summed E-state index contributed by atoms with van der Waals surface area (Å²) in [4.78, 5) is 2.17. The molecule has 0 aliphatic heterocycles. The highest BCUT2D eigenvalue weighted by Crippen LogP contribution is 2.35. The summed E-state index contributed by atoms with van der Waals surface area (Å²) in [6, 6.07) is 8.12. The number of sulfone groups is 2. The summed E-state index contributed by atoms with van der Waals surface area (Å²) in [5.74, 6) is 1.19. The molecule has 0 heterocycles. The SMILES string of the molecule is CCCCCCCCCCOc1ccc(S(=O)(=O)C(=[N+]=[N-])S(=O)(=O)c2ccc(OCCCCCCCCCC)c(OCCCCCCCCCC)c2)cc1OCCCCCCCCCC. The topological polar surface area (TPSA) is 142 Å². The van der Waals surface area contributed by atoms with Gasteiger partial charge in [-0.15, -0.1) is 4.79 Å². The molecule has 0 amide bonds. The fourth-order valence-electron chi connectivity index (χ4n) is 7.90. The zero-order valence-electron chi connectivity index (χ0n) is 41.4. The monoisotopic (exact) mass is 947 g/mol. The lowest BCUT2D eigenvalue weighted by atomic mass is 10.1. The van der Waals surface area contributed by atoms with Crippen LogP contribution in [0.3, 0.4) is 0 Å². The van der Waals surface area contributed by atoms with Crippen molar-refractivity contribution in [3.05, 3.63) is 41.9 Å². The number of ether oxygens (including phenoxy) is 4. The molecule has 0 unspecified atom stereocenters. The fourth-order valence-corrected chi connectivity index (χ4v) is 11.3. The molecule has 0 aliphatic rings. The first-order valence-corrected chi connectivity index (χ1v) is 29.1. The summed E-state index contributed by atoms with van der Waals surface area (Å²) in [5.41, 5.74) is 10.2. The summed E-state index contributed by atoms with van der Waals surface area (Å²) < 4.78 is 79.9. The molecular formula is C53H90N2O8S2. The lowest BCUT2D eigenvalue weighted by molar-refractivity contribution is 0.00380. The molecule has 65 heavy (non-hydrogen) atoms. The fraction of sp³-hybridized carbons (Fsp3) is 0.755. The minimum absolute atomic E-state index is 0.206. The van der Waals surface area contributed by atoms with Gasteiger partial charge in [0, 0.05) is 12.1 Å². The Labute approximate surface area is 397 Å². The minimum Gasteiger partial charge on any atom is -0.490 e. The molecule has 0 aliphatic carbocycles. The first-order valence-electron chi connectivity index (χ1n) is 26.2. The van der Waals surface area contributed by atoms with Crippen molar-refractivity contribution in [1.29, 1.82) is 0 Å². The smallest absolute Gasteiger partial charge is 0.490 e. The van der Waals surface area contributed by atoms with E-state index in [1.165, 1.54) is 165 Å². The van der Waals surface area contributed by atoms with Crippen LogP contribution < -0.4 is 18.9 Å². The summed E-state index contributed by atoms with van der Waals surface area (Å²) in [5, 5.41) is 0. The number of nitrogens with zero attached hydrogens (tertiary/aromatic N) is 2. The summed E-state index contributed by atoms with van der Waals surface area (Å²) in [6.45, 7) is 10.4. The molecule has 12 heteroatoms. The molecule has 10 nitrogen and oxygen atoms in total. The van der Waals surface area contributed by atoms with Crippen LogP contribution in [0, 0.1) is 0 Å². The van der Waals surface area contributed by atoms with Crippen LogP contribution in [0.4, 0.5) is 0 Å². The Bertz CT molecular complexity index is 1670. The highest BCUT2D eigenvalue weighted by molar-refractivity contribution is 8.31. The zero-order chi connectivity index (χ0) is 47.3. The number of benzene rings is 2. The third kappa shape index (κ3) is 24.5. The number of hydrogen-bond donors (Lipinski definition) is 0. The van der Waals surface area contributed by atoms with E-state index in [2.05, 4.69) is 32.5 Å². The van der Waals surface area contributed by atoms with Gasteiger partial charge in [0.05, 0.1) is 36.2 Å². The standard InChI is InChI=1S/C53H90N2O8S2/c1-5-9-13-17-21-25-29-33-41-60-49-39-37-47(45-51(49)62-43-35-31-27-23-19-15-11-7-3)64(56,57)53(55-54)65(58,59)48-38-40-50(61-42-34-30-26-22-18-14-10-6-2)52(46-48)63-44-36-32-28-24-20-16-12-8-4/h37-40,45-46H,5-36,41-44H2,1-4H3. The van der Waals surface area contributed by atoms with Crippen molar-refractivity contribution in [1.82, 2.24) is 0 Å². The molecule has 2 aromatic carbocycles. The van der Waals surface area contributed by atoms with Gasteiger partial charge in [0.1, 0.15) is 0 Å². The summed E-state index contributed by atoms with van der Waals surface area (Å²) in [6.07, 6.45) is 36.3. The number of unbranched alkanes of at least 4 members (excludes halogenated alkanes) is 28. The molecule has 2 aromatic rings. The van der Waals surface area contributed by atoms with Crippen LogP contribution in [-0.4, -0.2) is 52.4 Å². The molecule has 372 valence electrons. The van der Waals surface area contributed by atoms with Gasteiger partial charge in [-0.3, -0.25) is 0 Å². The van der Waals surface area contributed by atoms with Crippen LogP contribution in [0.1, 0.15) is 233 Å². The lowest BCUT2D eigenvalue weighted by Gasteiger charge is -2.15. The average Bonchev–Trinajstić information content (AvgIpc) is 3.29. The van der Waals surface area contributed by atoms with Crippen LogP contribution in [0.15, 0.2) is 46.2 Å². The Balaban J connectivity index is 2.27. The predicted octanol–water partition coefficient (Wildman–Crippen LogP) is 15.6. The molecule has 0 bridgehead atoms. The second kappa shape index (κ2) is 37.0. The maximum absolute atomic E-state index is 14.2. The molecule has 0 atom stereocenters. The van der Waals surface area contributed by atoms with E-state index in [1.807, 2.05) is 0 Å². The third-order valence-corrected chi connectivity index (χ3v) is 16.2. The van der Waals surface area contributed by atoms with Crippen molar-refractivity contribution in [3.63, 3.8) is 0 Å². The molecule has 0 radical (unpaired) electrons. The summed E-state index contributed by atoms with van der Waals surface area (Å²) >= 11 is 0. The first kappa shape index (κ1) is 58.0. The highest BCUT2D eigenvalue weighted by atomic mass is 32.3. The lowest BCUT2D eigenvalue weighted by Crippen LogP contribution is -2.26. The Hall–Kier alpha value is -3.08. The van der Waals surface area contributed by atoms with E-state index in [9.17, 15) is 22.4 Å². The maximum Gasteiger partial charge on any atom is 0.504 e. The zero-order valence-corrected chi connectivity index (χ0v) is 43.0. The first-order chi connectivity index (χ1) is 31.7. The van der Waals surface area contributed by atoms with E-state index in [-0.39, 0.29) is 21.3 Å². The summed E-state index contributed by atoms with van der Waals surface area (Å²) in [7, 11) is -9.75. The molecular weight excluding hydrogens is 857 g/mol. The van der Waals surface area contributed by atoms with Gasteiger partial charge < -0.3 is 24.5 Å². The molecule has 0 fully saturated rings. The van der Waals surface area contributed by atoms with Crippen molar-refractivity contribution < 1.29 is 40.6 Å². The van der Waals surface area contributed by atoms with Gasteiger partial charge in [-0.05, 0) is 49.9 Å². The van der Waals surface area contributed by atoms with Crippen molar-refractivity contribution in [2.75, 3.05) is 26.4 Å². The largest absolute Gasteiger partial charge is 0.504 e. The number of rotatable bonds is 42. The van der Waals surface area contributed by atoms with Gasteiger partial charge in [-0.25, -0.2) is 16.8 Å². The van der Waals surface area contributed by atoms with Crippen LogP contribution in [-0.2, 0) is 19.7 Å². The van der Waals surface area contributed by atoms with E-state index in [0.29, 0.717) is 37.9 Å². The second-order valence-electron chi connectivity index (χ2n) is 17.9.